The third-order valence-electron chi connectivity index (χ3n) is 4.30. The Kier molecular flexibility index (Phi) is 5.24. The Morgan fingerprint density at radius 1 is 1.27 bits per heavy atom. The van der Waals surface area contributed by atoms with Crippen LogP contribution in [0.4, 0.5) is 0 Å². The molecule has 22 heavy (non-hydrogen) atoms. The quantitative estimate of drug-likeness (QED) is 0.907. The number of hydrogen-bond donors (Lipinski definition) is 1. The first kappa shape index (κ1) is 17.0. The predicted octanol–water partition coefficient (Wildman–Crippen LogP) is 2.23. The number of rotatable bonds is 5. The molecule has 1 aliphatic rings. The van der Waals surface area contributed by atoms with Crippen LogP contribution < -0.4 is 0 Å². The number of piperidine rings is 1. The summed E-state index contributed by atoms with van der Waals surface area (Å²) in [7, 11) is 3.77. The number of hydrogen-bond acceptors (Lipinski definition) is 3. The van der Waals surface area contributed by atoms with Gasteiger partial charge in [-0.3, -0.25) is 4.79 Å². The molecule has 0 saturated carbocycles. The zero-order valence-electron chi connectivity index (χ0n) is 14.2. The molecule has 2 rings (SSSR count). The fourth-order valence-electron chi connectivity index (χ4n) is 3.11. The second kappa shape index (κ2) is 6.80. The highest BCUT2D eigenvalue weighted by Gasteiger charge is 2.42. The molecule has 1 amide bonds. The molecule has 1 heterocycles. The van der Waals surface area contributed by atoms with Crippen LogP contribution in [0.2, 0.25) is 0 Å². The van der Waals surface area contributed by atoms with Crippen molar-refractivity contribution in [1.29, 1.82) is 0 Å². The molecule has 1 N–H and O–H groups in total. The molecular formula is C18H28N2O2. The zero-order chi connectivity index (χ0) is 16.3. The van der Waals surface area contributed by atoms with E-state index in [4.69, 9.17) is 0 Å². The fourth-order valence-corrected chi connectivity index (χ4v) is 3.11. The molecule has 0 spiro atoms. The fraction of sp³-hybridized carbons (Fsp3) is 0.611. The molecule has 0 aliphatic carbocycles. The van der Waals surface area contributed by atoms with Crippen LogP contribution in [0.25, 0.3) is 0 Å². The van der Waals surface area contributed by atoms with Crippen LogP contribution in [0, 0.1) is 0 Å². The number of benzene rings is 1. The van der Waals surface area contributed by atoms with Gasteiger partial charge in [-0.1, -0.05) is 38.1 Å². The average molecular weight is 304 g/mol. The number of likely N-dealkylation sites (tertiary alicyclic amines) is 1. The molecule has 1 aliphatic heterocycles. The Hall–Kier alpha value is -1.39. The van der Waals surface area contributed by atoms with Gasteiger partial charge in [0, 0.05) is 19.6 Å². The third-order valence-corrected chi connectivity index (χ3v) is 4.30. The number of amides is 1. The third kappa shape index (κ3) is 3.87. The second-order valence-corrected chi connectivity index (χ2v) is 7.00. The van der Waals surface area contributed by atoms with Crippen molar-refractivity contribution < 1.29 is 9.90 Å². The summed E-state index contributed by atoms with van der Waals surface area (Å²) in [5, 5.41) is 10.6. The Balaban J connectivity index is 2.07. The summed E-state index contributed by atoms with van der Waals surface area (Å²) in [4.78, 5) is 16.3. The van der Waals surface area contributed by atoms with Gasteiger partial charge in [-0.25, -0.2) is 0 Å². The minimum Gasteiger partial charge on any atom is -0.379 e. The SMILES string of the molecule is CC(C)c1ccc(CN2CCC[C@@](O)(CN(C)C)C2=O)cc1. The number of nitrogens with zero attached hydrogens (tertiary/aromatic N) is 2. The Morgan fingerprint density at radius 2 is 1.91 bits per heavy atom. The maximum absolute atomic E-state index is 12.6. The largest absolute Gasteiger partial charge is 0.379 e. The van der Waals surface area contributed by atoms with Gasteiger partial charge in [-0.15, -0.1) is 0 Å². The molecule has 4 heteroatoms. The van der Waals surface area contributed by atoms with E-state index < -0.39 is 5.60 Å². The van der Waals surface area contributed by atoms with E-state index in [0.29, 0.717) is 25.4 Å². The van der Waals surface area contributed by atoms with E-state index in [1.807, 2.05) is 19.0 Å². The summed E-state index contributed by atoms with van der Waals surface area (Å²) in [5.74, 6) is 0.372. The van der Waals surface area contributed by atoms with Gasteiger partial charge >= 0.3 is 0 Å². The van der Waals surface area contributed by atoms with Gasteiger partial charge in [0.05, 0.1) is 0 Å². The van der Waals surface area contributed by atoms with E-state index in [-0.39, 0.29) is 5.91 Å². The van der Waals surface area contributed by atoms with Crippen LogP contribution in [0.1, 0.15) is 43.7 Å². The number of carbonyl (C=O) groups excluding carboxylic acids is 1. The van der Waals surface area contributed by atoms with E-state index >= 15 is 0 Å². The van der Waals surface area contributed by atoms with Gasteiger partial charge in [-0.05, 0) is 44.0 Å². The van der Waals surface area contributed by atoms with Gasteiger partial charge in [0.2, 0.25) is 0 Å². The molecule has 1 aromatic carbocycles. The summed E-state index contributed by atoms with van der Waals surface area (Å²) in [6.45, 7) is 6.02. The summed E-state index contributed by atoms with van der Waals surface area (Å²) in [6, 6.07) is 8.42. The lowest BCUT2D eigenvalue weighted by Crippen LogP contribution is -2.57. The van der Waals surface area contributed by atoms with Crippen molar-refractivity contribution in [2.45, 2.75) is 44.8 Å². The second-order valence-electron chi connectivity index (χ2n) is 7.00. The summed E-state index contributed by atoms with van der Waals surface area (Å²) in [6.07, 6.45) is 1.40. The zero-order valence-corrected chi connectivity index (χ0v) is 14.2. The number of aliphatic hydroxyl groups is 1. The van der Waals surface area contributed by atoms with E-state index in [9.17, 15) is 9.90 Å². The van der Waals surface area contributed by atoms with E-state index in [2.05, 4.69) is 38.1 Å². The predicted molar refractivity (Wildman–Crippen MR) is 88.7 cm³/mol. The van der Waals surface area contributed by atoms with Crippen LogP contribution in [-0.4, -0.2) is 53.6 Å². The molecule has 0 radical (unpaired) electrons. The average Bonchev–Trinajstić information content (AvgIpc) is 2.44. The van der Waals surface area contributed by atoms with Crippen molar-refractivity contribution in [3.8, 4) is 0 Å². The Bertz CT molecular complexity index is 510. The molecule has 4 nitrogen and oxygen atoms in total. The molecule has 1 atom stereocenters. The van der Waals surface area contributed by atoms with E-state index in [1.165, 1.54) is 5.56 Å². The van der Waals surface area contributed by atoms with Crippen LogP contribution in [0.5, 0.6) is 0 Å². The molecular weight excluding hydrogens is 276 g/mol. The van der Waals surface area contributed by atoms with Crippen LogP contribution in [0.3, 0.4) is 0 Å². The van der Waals surface area contributed by atoms with E-state index in [0.717, 1.165) is 18.5 Å². The number of carbonyl (C=O) groups is 1. The standard InChI is InChI=1S/C18H28N2O2/c1-14(2)16-8-6-15(7-9-16)12-20-11-5-10-18(22,17(20)21)13-19(3)4/h6-9,14,22H,5,10-13H2,1-4H3/t18-/m1/s1. The van der Waals surface area contributed by atoms with Gasteiger partial charge in [-0.2, -0.15) is 0 Å². The lowest BCUT2D eigenvalue weighted by molar-refractivity contribution is -0.159. The first-order valence-corrected chi connectivity index (χ1v) is 8.07. The molecule has 0 bridgehead atoms. The minimum absolute atomic E-state index is 0.139. The first-order chi connectivity index (χ1) is 10.3. The maximum atomic E-state index is 12.6. The van der Waals surface area contributed by atoms with Gasteiger partial charge < -0.3 is 14.9 Å². The van der Waals surface area contributed by atoms with Crippen molar-refractivity contribution in [3.05, 3.63) is 35.4 Å². The minimum atomic E-state index is -1.24. The monoisotopic (exact) mass is 304 g/mol. The van der Waals surface area contributed by atoms with E-state index in [1.54, 1.807) is 4.90 Å². The molecule has 122 valence electrons. The first-order valence-electron chi connectivity index (χ1n) is 8.07. The number of likely N-dealkylation sites (N-methyl/N-ethyl adjacent to an activating group) is 1. The van der Waals surface area contributed by atoms with Crippen LogP contribution in [0.15, 0.2) is 24.3 Å². The van der Waals surface area contributed by atoms with Gasteiger partial charge in [0.1, 0.15) is 0 Å². The van der Waals surface area contributed by atoms with Crippen molar-refractivity contribution in [1.82, 2.24) is 9.80 Å². The lowest BCUT2D eigenvalue weighted by atomic mass is 9.91. The summed E-state index contributed by atoms with van der Waals surface area (Å²) >= 11 is 0. The van der Waals surface area contributed by atoms with Crippen molar-refractivity contribution in [3.63, 3.8) is 0 Å². The highest BCUT2D eigenvalue weighted by Crippen LogP contribution is 2.25. The van der Waals surface area contributed by atoms with Crippen molar-refractivity contribution >= 4 is 5.91 Å². The van der Waals surface area contributed by atoms with Crippen molar-refractivity contribution in [2.24, 2.45) is 0 Å². The van der Waals surface area contributed by atoms with Crippen LogP contribution in [-0.2, 0) is 11.3 Å². The molecule has 1 fully saturated rings. The molecule has 1 aromatic rings. The van der Waals surface area contributed by atoms with Crippen LogP contribution >= 0.6 is 0 Å². The molecule has 0 aromatic heterocycles. The normalized spacial score (nSPS) is 22.7. The summed E-state index contributed by atoms with van der Waals surface area (Å²) < 4.78 is 0. The topological polar surface area (TPSA) is 43.8 Å². The molecule has 0 unspecified atom stereocenters. The highest BCUT2D eigenvalue weighted by atomic mass is 16.3. The van der Waals surface area contributed by atoms with Crippen molar-refractivity contribution in [2.75, 3.05) is 27.2 Å². The smallest absolute Gasteiger partial charge is 0.256 e. The Morgan fingerprint density at radius 3 is 2.45 bits per heavy atom. The van der Waals surface area contributed by atoms with Gasteiger partial charge in [0.15, 0.2) is 5.60 Å². The molecule has 1 saturated heterocycles. The van der Waals surface area contributed by atoms with Gasteiger partial charge in [0.25, 0.3) is 5.91 Å². The Labute approximate surface area is 133 Å². The highest BCUT2D eigenvalue weighted by molar-refractivity contribution is 5.86. The summed E-state index contributed by atoms with van der Waals surface area (Å²) in [5.41, 5.74) is 1.18. The lowest BCUT2D eigenvalue weighted by Gasteiger charge is -2.39. The maximum Gasteiger partial charge on any atom is 0.256 e.